The molecule has 2 heterocycles. The van der Waals surface area contributed by atoms with E-state index >= 15 is 0 Å². The van der Waals surface area contributed by atoms with Gasteiger partial charge in [0.2, 0.25) is 0 Å². The van der Waals surface area contributed by atoms with Gasteiger partial charge in [-0.2, -0.15) is 44.3 Å². The number of ether oxygens (including phenoxy) is 1. The molecule has 49 heavy (non-hydrogen) atoms. The maximum absolute atomic E-state index is 13.9. The van der Waals surface area contributed by atoms with Gasteiger partial charge in [-0.25, -0.2) is 4.98 Å². The van der Waals surface area contributed by atoms with Crippen molar-refractivity contribution in [3.8, 4) is 11.3 Å². The van der Waals surface area contributed by atoms with Gasteiger partial charge < -0.3 is 9.64 Å². The zero-order valence-corrected chi connectivity index (χ0v) is 27.2. The van der Waals surface area contributed by atoms with Crippen molar-refractivity contribution in [2.45, 2.75) is 77.6 Å². The Morgan fingerprint density at radius 1 is 0.878 bits per heavy atom. The second kappa shape index (κ2) is 15.1. The van der Waals surface area contributed by atoms with E-state index in [9.17, 15) is 44.3 Å². The quantitative estimate of drug-likeness (QED) is 0.0778. The minimum atomic E-state index is -5.11. The third kappa shape index (κ3) is 9.92. The molecule has 0 N–H and O–H groups in total. The molecule has 8 nitrogen and oxygen atoms in total. The first-order valence-corrected chi connectivity index (χ1v) is 15.8. The maximum atomic E-state index is 13.9. The summed E-state index contributed by atoms with van der Waals surface area (Å²) in [6, 6.07) is 4.05. The SMILES string of the molecule is CCOC(=O)CCCCc1nc(-c2ccc(C(F)(F)F)cc2CN(Cc2cc(C(F)(F)F)cc(C(F)(F)F)c2)c2nnn(C)n2)c(CC)s1. The summed E-state index contributed by atoms with van der Waals surface area (Å²) < 4.78 is 129. The van der Waals surface area contributed by atoms with Crippen molar-refractivity contribution in [2.24, 2.45) is 7.05 Å². The molecule has 4 rings (SSSR count). The number of hydrogen-bond donors (Lipinski definition) is 0. The average molecular weight is 723 g/mol. The molecule has 2 aromatic carbocycles. The topological polar surface area (TPSA) is 86.0 Å². The standard InChI is InChI=1S/C31H31F9N6O2S/c1-4-24-27(41-25(49-24)8-6-7-9-26(47)48-5-2)23-11-10-20(29(32,33)34)14-19(23)17-46(28-42-44-45(3)43-28)16-18-12-21(30(35,36)37)15-22(13-18)31(38,39)40/h10-15H,4-9,16-17H2,1-3H3. The number of nitrogens with zero attached hydrogens (tertiary/aromatic N) is 6. The Balaban J connectivity index is 1.76. The molecule has 0 saturated heterocycles. The number of thiazole rings is 1. The van der Waals surface area contributed by atoms with Crippen LogP contribution in [-0.2, 0) is 61.0 Å². The Bertz CT molecular complexity index is 1720. The number of hydrogen-bond acceptors (Lipinski definition) is 8. The molecule has 18 heteroatoms. The number of esters is 1. The zero-order valence-electron chi connectivity index (χ0n) is 26.4. The molecule has 0 amide bonds. The van der Waals surface area contributed by atoms with E-state index in [1.165, 1.54) is 24.5 Å². The summed E-state index contributed by atoms with van der Waals surface area (Å²) in [5, 5.41) is 12.2. The van der Waals surface area contributed by atoms with Crippen molar-refractivity contribution in [3.63, 3.8) is 0 Å². The van der Waals surface area contributed by atoms with Crippen LogP contribution in [0.3, 0.4) is 0 Å². The third-order valence-corrected chi connectivity index (χ3v) is 8.50. The molecule has 2 aromatic heterocycles. The lowest BCUT2D eigenvalue weighted by Gasteiger charge is -2.24. The largest absolute Gasteiger partial charge is 0.466 e. The number of tetrazole rings is 1. The van der Waals surface area contributed by atoms with Gasteiger partial charge in [0.15, 0.2) is 0 Å². The van der Waals surface area contributed by atoms with Crippen molar-refractivity contribution in [2.75, 3.05) is 11.5 Å². The van der Waals surface area contributed by atoms with Gasteiger partial charge in [-0.1, -0.05) is 18.1 Å². The molecule has 0 aliphatic carbocycles. The second-order valence-corrected chi connectivity index (χ2v) is 12.1. The van der Waals surface area contributed by atoms with Gasteiger partial charge in [0.05, 0.1) is 41.0 Å². The molecule has 0 atom stereocenters. The monoisotopic (exact) mass is 722 g/mol. The average Bonchev–Trinajstić information content (AvgIpc) is 3.63. The number of carbonyl (C=O) groups is 1. The fraction of sp³-hybridized carbons (Fsp3) is 0.452. The summed E-state index contributed by atoms with van der Waals surface area (Å²) >= 11 is 1.36. The van der Waals surface area contributed by atoms with Crippen LogP contribution in [0.5, 0.6) is 0 Å². The van der Waals surface area contributed by atoms with Crippen LogP contribution in [0, 0.1) is 0 Å². The van der Waals surface area contributed by atoms with Crippen LogP contribution < -0.4 is 4.90 Å². The molecule has 0 radical (unpaired) electrons. The van der Waals surface area contributed by atoms with Crippen LogP contribution >= 0.6 is 11.3 Å². The first kappa shape index (κ1) is 37.6. The zero-order chi connectivity index (χ0) is 36.1. The molecule has 0 bridgehead atoms. The summed E-state index contributed by atoms with van der Waals surface area (Å²) in [5.74, 6) is -0.569. The summed E-state index contributed by atoms with van der Waals surface area (Å²) in [6.45, 7) is 2.71. The number of aromatic nitrogens is 5. The van der Waals surface area contributed by atoms with Crippen LogP contribution in [-0.4, -0.2) is 37.8 Å². The van der Waals surface area contributed by atoms with Crippen molar-refractivity contribution < 1.29 is 49.0 Å². The van der Waals surface area contributed by atoms with E-state index in [-0.39, 0.29) is 42.1 Å². The fourth-order valence-electron chi connectivity index (χ4n) is 5.00. The number of aryl methyl sites for hydroxylation is 3. The van der Waals surface area contributed by atoms with E-state index in [0.29, 0.717) is 48.5 Å². The highest BCUT2D eigenvalue weighted by molar-refractivity contribution is 7.12. The lowest BCUT2D eigenvalue weighted by atomic mass is 9.98. The number of alkyl halides is 9. The van der Waals surface area contributed by atoms with Crippen molar-refractivity contribution in [3.05, 3.63) is 74.1 Å². The molecule has 0 aliphatic heterocycles. The molecular weight excluding hydrogens is 691 g/mol. The molecule has 0 aliphatic rings. The Kier molecular flexibility index (Phi) is 11.6. The third-order valence-electron chi connectivity index (χ3n) is 7.24. The Labute approximate surface area is 278 Å². The maximum Gasteiger partial charge on any atom is 0.416 e. The predicted molar refractivity (Wildman–Crippen MR) is 161 cm³/mol. The van der Waals surface area contributed by atoms with Gasteiger partial charge in [0.25, 0.3) is 5.95 Å². The highest BCUT2D eigenvalue weighted by atomic mass is 32.1. The second-order valence-electron chi connectivity index (χ2n) is 11.0. The van der Waals surface area contributed by atoms with Crippen LogP contribution in [0.2, 0.25) is 0 Å². The predicted octanol–water partition coefficient (Wildman–Crippen LogP) is 8.44. The van der Waals surface area contributed by atoms with E-state index in [4.69, 9.17) is 9.72 Å². The summed E-state index contributed by atoms with van der Waals surface area (Å²) in [6.07, 6.45) is -12.7. The normalized spacial score (nSPS) is 12.4. The minimum Gasteiger partial charge on any atom is -0.466 e. The summed E-state index contributed by atoms with van der Waals surface area (Å²) in [7, 11) is 1.37. The molecule has 0 fully saturated rings. The molecule has 266 valence electrons. The molecule has 0 saturated carbocycles. The summed E-state index contributed by atoms with van der Waals surface area (Å²) in [5.41, 5.74) is -3.85. The number of rotatable bonds is 13. The molecule has 0 unspecified atom stereocenters. The number of unbranched alkanes of at least 4 members (excludes halogenated alkanes) is 1. The summed E-state index contributed by atoms with van der Waals surface area (Å²) in [4.78, 5) is 19.3. The van der Waals surface area contributed by atoms with Crippen LogP contribution in [0.15, 0.2) is 36.4 Å². The first-order chi connectivity index (χ1) is 22.9. The lowest BCUT2D eigenvalue weighted by molar-refractivity contribution is -0.144. The van der Waals surface area contributed by atoms with Crippen LogP contribution in [0.1, 0.15) is 70.8 Å². The lowest BCUT2D eigenvalue weighted by Crippen LogP contribution is -2.25. The number of benzene rings is 2. The Morgan fingerprint density at radius 3 is 2.08 bits per heavy atom. The van der Waals surface area contributed by atoms with E-state index in [2.05, 4.69) is 15.4 Å². The van der Waals surface area contributed by atoms with E-state index in [1.54, 1.807) is 6.92 Å². The van der Waals surface area contributed by atoms with Gasteiger partial charge >= 0.3 is 24.5 Å². The highest BCUT2D eigenvalue weighted by Crippen LogP contribution is 2.39. The van der Waals surface area contributed by atoms with Gasteiger partial charge in [-0.05, 0) is 79.3 Å². The fourth-order valence-corrected chi connectivity index (χ4v) is 6.07. The Hall–Kier alpha value is -4.22. The minimum absolute atomic E-state index is 0.0116. The molecular formula is C31H31F9N6O2S. The van der Waals surface area contributed by atoms with Crippen molar-refractivity contribution in [1.82, 2.24) is 25.2 Å². The van der Waals surface area contributed by atoms with Gasteiger partial charge in [0, 0.05) is 30.0 Å². The number of carbonyl (C=O) groups excluding carboxylic acids is 1. The number of halogens is 9. The van der Waals surface area contributed by atoms with Crippen LogP contribution in [0.4, 0.5) is 45.5 Å². The van der Waals surface area contributed by atoms with Crippen molar-refractivity contribution >= 4 is 23.3 Å². The Morgan fingerprint density at radius 2 is 1.53 bits per heavy atom. The number of anilines is 1. The van der Waals surface area contributed by atoms with Crippen molar-refractivity contribution in [1.29, 1.82) is 0 Å². The van der Waals surface area contributed by atoms with E-state index in [1.807, 2.05) is 6.92 Å². The van der Waals surface area contributed by atoms with E-state index < -0.39 is 53.9 Å². The molecule has 4 aromatic rings. The smallest absolute Gasteiger partial charge is 0.416 e. The highest BCUT2D eigenvalue weighted by Gasteiger charge is 2.37. The van der Waals surface area contributed by atoms with E-state index in [0.717, 1.165) is 26.7 Å². The van der Waals surface area contributed by atoms with Gasteiger partial charge in [-0.3, -0.25) is 4.79 Å². The van der Waals surface area contributed by atoms with Gasteiger partial charge in [-0.15, -0.1) is 16.4 Å². The molecule has 0 spiro atoms. The van der Waals surface area contributed by atoms with Crippen LogP contribution in [0.25, 0.3) is 11.3 Å². The first-order valence-electron chi connectivity index (χ1n) is 15.0. The van der Waals surface area contributed by atoms with Gasteiger partial charge in [0.1, 0.15) is 0 Å².